The Bertz CT molecular complexity index is 549. The van der Waals surface area contributed by atoms with Gasteiger partial charge in [-0.2, -0.15) is 0 Å². The van der Waals surface area contributed by atoms with E-state index in [-0.39, 0.29) is 11.5 Å². The molecule has 0 heterocycles. The molecular weight excluding hydrogens is 224 g/mol. The molecule has 0 unspecified atom stereocenters. The van der Waals surface area contributed by atoms with Gasteiger partial charge in [0.15, 0.2) is 0 Å². The van der Waals surface area contributed by atoms with Crippen LogP contribution in [0.2, 0.25) is 0 Å². The summed E-state index contributed by atoms with van der Waals surface area (Å²) < 4.78 is 0. The second-order valence-electron chi connectivity index (χ2n) is 3.91. The summed E-state index contributed by atoms with van der Waals surface area (Å²) in [5.74, 6) is 0.114. The molecule has 2 rings (SSSR count). The van der Waals surface area contributed by atoms with Gasteiger partial charge in [0.2, 0.25) is 0 Å². The molecule has 2 aromatic rings. The molecule has 0 saturated heterocycles. The molecule has 2 heteroatoms. The summed E-state index contributed by atoms with van der Waals surface area (Å²) in [6, 6.07) is 14.5. The fourth-order valence-electron chi connectivity index (χ4n) is 1.61. The van der Waals surface area contributed by atoms with Crippen molar-refractivity contribution >= 4 is 12.2 Å². The van der Waals surface area contributed by atoms with Crippen LogP contribution in [-0.2, 0) is 0 Å². The van der Waals surface area contributed by atoms with Crippen molar-refractivity contribution in [2.75, 3.05) is 0 Å². The Labute approximate surface area is 106 Å². The maximum atomic E-state index is 9.32. The van der Waals surface area contributed by atoms with Crippen LogP contribution < -0.4 is 0 Å². The number of allylic oxidation sites excluding steroid dienone is 2. The molecule has 2 nitrogen and oxygen atoms in total. The van der Waals surface area contributed by atoms with Crippen LogP contribution in [0, 0.1) is 0 Å². The van der Waals surface area contributed by atoms with Gasteiger partial charge in [-0.1, -0.05) is 54.6 Å². The lowest BCUT2D eigenvalue weighted by atomic mass is 10.1. The second-order valence-corrected chi connectivity index (χ2v) is 3.91. The van der Waals surface area contributed by atoms with Crippen LogP contribution in [-0.4, -0.2) is 10.2 Å². The zero-order valence-corrected chi connectivity index (χ0v) is 9.82. The van der Waals surface area contributed by atoms with Crippen LogP contribution in [0.3, 0.4) is 0 Å². The van der Waals surface area contributed by atoms with Crippen molar-refractivity contribution in [1.82, 2.24) is 0 Å². The van der Waals surface area contributed by atoms with Crippen LogP contribution in [0.25, 0.3) is 12.2 Å². The normalized spacial score (nSPS) is 11.3. The maximum absolute atomic E-state index is 9.32. The van der Waals surface area contributed by atoms with E-state index in [2.05, 4.69) is 0 Å². The Morgan fingerprint density at radius 2 is 1.22 bits per heavy atom. The number of aromatic hydroxyl groups is 2. The van der Waals surface area contributed by atoms with Crippen molar-refractivity contribution < 1.29 is 10.2 Å². The highest BCUT2D eigenvalue weighted by Crippen LogP contribution is 2.21. The van der Waals surface area contributed by atoms with Gasteiger partial charge in [-0.25, -0.2) is 0 Å². The summed E-state index contributed by atoms with van der Waals surface area (Å²) in [4.78, 5) is 0. The van der Waals surface area contributed by atoms with Crippen LogP contribution in [0.1, 0.15) is 11.1 Å². The van der Waals surface area contributed by atoms with E-state index < -0.39 is 0 Å². The standard InChI is InChI=1S/C16H14O2/c17-15-10-14(11-16(18)12-15)9-5-4-8-13-6-2-1-3-7-13/h1-12,17-18H/b8-4+,9-5+. The molecule has 90 valence electrons. The molecule has 0 atom stereocenters. The highest BCUT2D eigenvalue weighted by atomic mass is 16.3. The summed E-state index contributed by atoms with van der Waals surface area (Å²) in [7, 11) is 0. The number of hydrogen-bond donors (Lipinski definition) is 2. The van der Waals surface area contributed by atoms with Gasteiger partial charge >= 0.3 is 0 Å². The van der Waals surface area contributed by atoms with Crippen LogP contribution in [0.15, 0.2) is 60.7 Å². The summed E-state index contributed by atoms with van der Waals surface area (Å²) in [5, 5.41) is 18.6. The van der Waals surface area contributed by atoms with Crippen molar-refractivity contribution in [2.45, 2.75) is 0 Å². The molecule has 2 N–H and O–H groups in total. The number of rotatable bonds is 3. The van der Waals surface area contributed by atoms with Crippen molar-refractivity contribution in [2.24, 2.45) is 0 Å². The molecule has 0 aliphatic rings. The third-order valence-electron chi connectivity index (χ3n) is 2.41. The fraction of sp³-hybridized carbons (Fsp3) is 0. The van der Waals surface area contributed by atoms with Gasteiger partial charge in [0.1, 0.15) is 11.5 Å². The maximum Gasteiger partial charge on any atom is 0.119 e. The third-order valence-corrected chi connectivity index (χ3v) is 2.41. The SMILES string of the molecule is Oc1cc(O)cc(/C=C/C=C/c2ccccc2)c1. The largest absolute Gasteiger partial charge is 0.508 e. The smallest absolute Gasteiger partial charge is 0.119 e. The zero-order valence-electron chi connectivity index (χ0n) is 9.82. The first-order chi connectivity index (χ1) is 8.74. The van der Waals surface area contributed by atoms with Crippen LogP contribution in [0.5, 0.6) is 11.5 Å². The first kappa shape index (κ1) is 12.0. The van der Waals surface area contributed by atoms with Crippen molar-refractivity contribution in [1.29, 1.82) is 0 Å². The Kier molecular flexibility index (Phi) is 3.82. The Morgan fingerprint density at radius 1 is 0.667 bits per heavy atom. The highest BCUT2D eigenvalue weighted by molar-refractivity contribution is 5.59. The first-order valence-electron chi connectivity index (χ1n) is 5.67. The Hall–Kier alpha value is -2.48. The van der Waals surface area contributed by atoms with Crippen LogP contribution in [0.4, 0.5) is 0 Å². The average molecular weight is 238 g/mol. The quantitative estimate of drug-likeness (QED) is 0.798. The van der Waals surface area contributed by atoms with Gasteiger partial charge in [-0.3, -0.25) is 0 Å². The van der Waals surface area contributed by atoms with E-state index in [0.29, 0.717) is 0 Å². The van der Waals surface area contributed by atoms with Crippen molar-refractivity contribution in [3.8, 4) is 11.5 Å². The fourth-order valence-corrected chi connectivity index (χ4v) is 1.61. The van der Waals surface area contributed by atoms with E-state index in [4.69, 9.17) is 0 Å². The molecule has 0 bridgehead atoms. The molecule has 0 aliphatic carbocycles. The van der Waals surface area contributed by atoms with Gasteiger partial charge in [0.25, 0.3) is 0 Å². The summed E-state index contributed by atoms with van der Waals surface area (Å²) >= 11 is 0. The predicted octanol–water partition coefficient (Wildman–Crippen LogP) is 3.82. The number of hydrogen-bond acceptors (Lipinski definition) is 2. The Morgan fingerprint density at radius 3 is 1.83 bits per heavy atom. The first-order valence-corrected chi connectivity index (χ1v) is 5.67. The van der Waals surface area contributed by atoms with E-state index in [1.807, 2.05) is 54.6 Å². The van der Waals surface area contributed by atoms with Crippen LogP contribution >= 0.6 is 0 Å². The van der Waals surface area contributed by atoms with Gasteiger partial charge in [0, 0.05) is 6.07 Å². The van der Waals surface area contributed by atoms with Gasteiger partial charge in [0.05, 0.1) is 0 Å². The molecular formula is C16H14O2. The number of phenolic OH excluding ortho intramolecular Hbond substituents is 2. The average Bonchev–Trinajstić information content (AvgIpc) is 2.35. The van der Waals surface area contributed by atoms with Crippen molar-refractivity contribution in [3.63, 3.8) is 0 Å². The number of benzene rings is 2. The lowest BCUT2D eigenvalue weighted by Gasteiger charge is -1.97. The Balaban J connectivity index is 2.05. The van der Waals surface area contributed by atoms with E-state index in [0.717, 1.165) is 11.1 Å². The molecule has 2 aromatic carbocycles. The monoisotopic (exact) mass is 238 g/mol. The molecule has 0 aliphatic heterocycles. The summed E-state index contributed by atoms with van der Waals surface area (Å²) in [6.07, 6.45) is 7.58. The minimum atomic E-state index is 0.0571. The second kappa shape index (κ2) is 5.73. The summed E-state index contributed by atoms with van der Waals surface area (Å²) in [6.45, 7) is 0. The van der Waals surface area contributed by atoms with E-state index >= 15 is 0 Å². The van der Waals surface area contributed by atoms with Gasteiger partial charge in [-0.15, -0.1) is 0 Å². The van der Waals surface area contributed by atoms with E-state index in [1.54, 1.807) is 12.1 Å². The van der Waals surface area contributed by atoms with Crippen molar-refractivity contribution in [3.05, 3.63) is 71.8 Å². The molecule has 0 spiro atoms. The lowest BCUT2D eigenvalue weighted by molar-refractivity contribution is 0.450. The zero-order chi connectivity index (χ0) is 12.8. The molecule has 0 radical (unpaired) electrons. The topological polar surface area (TPSA) is 40.5 Å². The highest BCUT2D eigenvalue weighted by Gasteiger charge is 1.94. The molecule has 0 saturated carbocycles. The van der Waals surface area contributed by atoms with Gasteiger partial charge in [-0.05, 0) is 23.3 Å². The third kappa shape index (κ3) is 3.52. The lowest BCUT2D eigenvalue weighted by Crippen LogP contribution is -1.72. The predicted molar refractivity (Wildman–Crippen MR) is 74.3 cm³/mol. The number of phenols is 2. The van der Waals surface area contributed by atoms with E-state index in [1.165, 1.54) is 6.07 Å². The minimum Gasteiger partial charge on any atom is -0.508 e. The summed E-state index contributed by atoms with van der Waals surface area (Å²) in [5.41, 5.74) is 1.88. The van der Waals surface area contributed by atoms with Gasteiger partial charge < -0.3 is 10.2 Å². The minimum absolute atomic E-state index is 0.0571. The molecule has 0 fully saturated rings. The molecule has 18 heavy (non-hydrogen) atoms. The molecule has 0 amide bonds. The van der Waals surface area contributed by atoms with E-state index in [9.17, 15) is 10.2 Å². The molecule has 0 aromatic heterocycles.